The van der Waals surface area contributed by atoms with Crippen LogP contribution in [-0.4, -0.2) is 46.6 Å². The first-order valence-electron chi connectivity index (χ1n) is 6.40. The number of ether oxygens (including phenoxy) is 1. The van der Waals surface area contributed by atoms with Crippen LogP contribution in [0, 0.1) is 0 Å². The Balaban J connectivity index is 2.71. The molecule has 0 aliphatic heterocycles. The van der Waals surface area contributed by atoms with Crippen molar-refractivity contribution >= 4 is 10.0 Å². The summed E-state index contributed by atoms with van der Waals surface area (Å²) in [5.74, 6) is 0.359. The molecule has 0 bridgehead atoms. The van der Waals surface area contributed by atoms with Crippen molar-refractivity contribution in [2.45, 2.75) is 18.7 Å². The Bertz CT molecular complexity index is 484. The predicted octanol–water partition coefficient (Wildman–Crippen LogP) is 1.32. The summed E-state index contributed by atoms with van der Waals surface area (Å²) < 4.78 is 32.0. The van der Waals surface area contributed by atoms with E-state index in [1.54, 1.807) is 24.3 Å². The molecule has 1 rings (SSSR count). The number of likely N-dealkylation sites (N-methyl/N-ethyl adjacent to an activating group) is 1. The second-order valence-corrected chi connectivity index (χ2v) is 5.81. The Morgan fingerprint density at radius 3 is 2.42 bits per heavy atom. The van der Waals surface area contributed by atoms with Crippen molar-refractivity contribution in [1.82, 2.24) is 9.62 Å². The number of sulfonamides is 1. The van der Waals surface area contributed by atoms with Crippen LogP contribution in [0.4, 0.5) is 0 Å². The molecule has 0 aliphatic rings. The monoisotopic (exact) mass is 286 g/mol. The van der Waals surface area contributed by atoms with Crippen LogP contribution in [0.1, 0.15) is 13.8 Å². The van der Waals surface area contributed by atoms with Crippen LogP contribution in [-0.2, 0) is 10.0 Å². The van der Waals surface area contributed by atoms with Gasteiger partial charge in [0.15, 0.2) is 0 Å². The number of hydrogen-bond donors (Lipinski definition) is 1. The molecule has 5 nitrogen and oxygen atoms in total. The van der Waals surface area contributed by atoms with Crippen LogP contribution < -0.4 is 9.46 Å². The van der Waals surface area contributed by atoms with E-state index in [0.29, 0.717) is 18.8 Å². The summed E-state index contributed by atoms with van der Waals surface area (Å²) in [6.45, 7) is 7.01. The van der Waals surface area contributed by atoms with Gasteiger partial charge in [0.1, 0.15) is 10.6 Å². The Hall–Kier alpha value is -1.11. The van der Waals surface area contributed by atoms with E-state index in [0.717, 1.165) is 13.1 Å². The number of nitrogens with zero attached hydrogens (tertiary/aromatic N) is 1. The fourth-order valence-corrected chi connectivity index (χ4v) is 2.99. The van der Waals surface area contributed by atoms with Crippen LogP contribution in [0.15, 0.2) is 29.2 Å². The van der Waals surface area contributed by atoms with Crippen molar-refractivity contribution in [2.24, 2.45) is 0 Å². The molecule has 0 amide bonds. The average molecular weight is 286 g/mol. The van der Waals surface area contributed by atoms with Gasteiger partial charge in [-0.15, -0.1) is 0 Å². The summed E-state index contributed by atoms with van der Waals surface area (Å²) in [6.07, 6.45) is 0. The Labute approximate surface area is 115 Å². The summed E-state index contributed by atoms with van der Waals surface area (Å²) in [5.41, 5.74) is 0. The Kier molecular flexibility index (Phi) is 6.27. The minimum Gasteiger partial charge on any atom is -0.495 e. The second kappa shape index (κ2) is 7.47. The molecule has 0 radical (unpaired) electrons. The van der Waals surface area contributed by atoms with E-state index >= 15 is 0 Å². The Morgan fingerprint density at radius 1 is 1.21 bits per heavy atom. The number of hydrogen-bond acceptors (Lipinski definition) is 4. The average Bonchev–Trinajstić information content (AvgIpc) is 2.43. The molecule has 0 aliphatic carbocycles. The third kappa shape index (κ3) is 4.49. The normalized spacial score (nSPS) is 11.8. The summed E-state index contributed by atoms with van der Waals surface area (Å²) in [6, 6.07) is 6.60. The van der Waals surface area contributed by atoms with E-state index in [9.17, 15) is 8.42 Å². The van der Waals surface area contributed by atoms with Crippen LogP contribution in [0.25, 0.3) is 0 Å². The zero-order valence-corrected chi connectivity index (χ0v) is 12.5. The summed E-state index contributed by atoms with van der Waals surface area (Å²) in [4.78, 5) is 2.34. The molecule has 108 valence electrons. The molecule has 0 atom stereocenters. The lowest BCUT2D eigenvalue weighted by atomic mass is 10.3. The van der Waals surface area contributed by atoms with Gasteiger partial charge in [0.05, 0.1) is 7.11 Å². The lowest BCUT2D eigenvalue weighted by Crippen LogP contribution is -2.34. The lowest BCUT2D eigenvalue weighted by Gasteiger charge is -2.18. The van der Waals surface area contributed by atoms with E-state index in [1.165, 1.54) is 7.11 Å². The third-order valence-electron chi connectivity index (χ3n) is 2.97. The predicted molar refractivity (Wildman–Crippen MR) is 76.0 cm³/mol. The van der Waals surface area contributed by atoms with Gasteiger partial charge in [-0.1, -0.05) is 26.0 Å². The fraction of sp³-hybridized carbons (Fsp3) is 0.538. The topological polar surface area (TPSA) is 58.6 Å². The lowest BCUT2D eigenvalue weighted by molar-refractivity contribution is 0.309. The summed E-state index contributed by atoms with van der Waals surface area (Å²) >= 11 is 0. The summed E-state index contributed by atoms with van der Waals surface area (Å²) in [5, 5.41) is 0. The van der Waals surface area contributed by atoms with Crippen molar-refractivity contribution in [3.63, 3.8) is 0 Å². The van der Waals surface area contributed by atoms with Crippen molar-refractivity contribution in [3.8, 4) is 5.75 Å². The van der Waals surface area contributed by atoms with Crippen LogP contribution >= 0.6 is 0 Å². The zero-order chi connectivity index (χ0) is 14.3. The maximum absolute atomic E-state index is 12.2. The first-order chi connectivity index (χ1) is 9.05. The van der Waals surface area contributed by atoms with Gasteiger partial charge in [0.25, 0.3) is 0 Å². The van der Waals surface area contributed by atoms with E-state index < -0.39 is 10.0 Å². The van der Waals surface area contributed by atoms with Crippen LogP contribution in [0.5, 0.6) is 5.75 Å². The number of benzene rings is 1. The highest BCUT2D eigenvalue weighted by Gasteiger charge is 2.18. The van der Waals surface area contributed by atoms with Crippen LogP contribution in [0.2, 0.25) is 0 Å². The van der Waals surface area contributed by atoms with Crippen molar-refractivity contribution in [1.29, 1.82) is 0 Å². The van der Waals surface area contributed by atoms with E-state index in [-0.39, 0.29) is 4.90 Å². The van der Waals surface area contributed by atoms with Gasteiger partial charge in [0.2, 0.25) is 10.0 Å². The SMILES string of the molecule is CCN(CC)CCNS(=O)(=O)c1ccccc1OC. The molecule has 1 N–H and O–H groups in total. The molecule has 19 heavy (non-hydrogen) atoms. The number of para-hydroxylation sites is 1. The van der Waals surface area contributed by atoms with Gasteiger partial charge in [-0.3, -0.25) is 0 Å². The summed E-state index contributed by atoms with van der Waals surface area (Å²) in [7, 11) is -2.05. The van der Waals surface area contributed by atoms with Gasteiger partial charge in [-0.25, -0.2) is 13.1 Å². The maximum atomic E-state index is 12.2. The third-order valence-corrected chi connectivity index (χ3v) is 4.47. The van der Waals surface area contributed by atoms with Gasteiger partial charge >= 0.3 is 0 Å². The van der Waals surface area contributed by atoms with Crippen molar-refractivity contribution < 1.29 is 13.2 Å². The zero-order valence-electron chi connectivity index (χ0n) is 11.7. The van der Waals surface area contributed by atoms with Gasteiger partial charge < -0.3 is 9.64 Å². The van der Waals surface area contributed by atoms with Crippen molar-refractivity contribution in [3.05, 3.63) is 24.3 Å². The molecule has 6 heteroatoms. The molecular formula is C13H22N2O3S. The van der Waals surface area contributed by atoms with Crippen LogP contribution in [0.3, 0.4) is 0 Å². The number of methoxy groups -OCH3 is 1. The fourth-order valence-electron chi connectivity index (χ4n) is 1.80. The van der Waals surface area contributed by atoms with E-state index in [2.05, 4.69) is 23.5 Å². The number of nitrogens with one attached hydrogen (secondary N) is 1. The van der Waals surface area contributed by atoms with E-state index in [1.807, 2.05) is 0 Å². The molecule has 0 fully saturated rings. The maximum Gasteiger partial charge on any atom is 0.244 e. The molecule has 0 saturated carbocycles. The first-order valence-corrected chi connectivity index (χ1v) is 7.88. The largest absolute Gasteiger partial charge is 0.495 e. The highest BCUT2D eigenvalue weighted by Crippen LogP contribution is 2.22. The minimum absolute atomic E-state index is 0.178. The van der Waals surface area contributed by atoms with Gasteiger partial charge in [-0.05, 0) is 25.2 Å². The molecule has 0 aromatic heterocycles. The standard InChI is InChI=1S/C13H22N2O3S/c1-4-15(5-2)11-10-14-19(16,17)13-9-7-6-8-12(13)18-3/h6-9,14H,4-5,10-11H2,1-3H3. The highest BCUT2D eigenvalue weighted by molar-refractivity contribution is 7.89. The Morgan fingerprint density at radius 2 is 1.84 bits per heavy atom. The molecule has 1 aromatic carbocycles. The molecule has 0 heterocycles. The molecule has 0 unspecified atom stereocenters. The number of rotatable bonds is 8. The quantitative estimate of drug-likeness (QED) is 0.783. The smallest absolute Gasteiger partial charge is 0.244 e. The molecule has 0 spiro atoms. The minimum atomic E-state index is -3.52. The molecular weight excluding hydrogens is 264 g/mol. The highest BCUT2D eigenvalue weighted by atomic mass is 32.2. The second-order valence-electron chi connectivity index (χ2n) is 4.08. The van der Waals surface area contributed by atoms with Gasteiger partial charge in [-0.2, -0.15) is 0 Å². The first kappa shape index (κ1) is 15.9. The molecule has 1 aromatic rings. The molecule has 0 saturated heterocycles. The van der Waals surface area contributed by atoms with Crippen molar-refractivity contribution in [2.75, 3.05) is 33.3 Å². The van der Waals surface area contributed by atoms with Gasteiger partial charge in [0, 0.05) is 13.1 Å². The van der Waals surface area contributed by atoms with E-state index in [4.69, 9.17) is 4.74 Å².